The number of hydrogen-bond donors (Lipinski definition) is 0. The van der Waals surface area contributed by atoms with Gasteiger partial charge in [-0.3, -0.25) is 0 Å². The van der Waals surface area contributed by atoms with Gasteiger partial charge in [0, 0.05) is 38.4 Å². The highest BCUT2D eigenvalue weighted by molar-refractivity contribution is 9.10. The van der Waals surface area contributed by atoms with Gasteiger partial charge in [-0.05, 0) is 34.1 Å². The molecular weight excluding hydrogens is 284 g/mol. The summed E-state index contributed by atoms with van der Waals surface area (Å²) in [7, 11) is 0.956. The molecule has 2 aromatic heterocycles. The lowest BCUT2D eigenvalue weighted by Gasteiger charge is -2.05. The number of halogens is 1. The van der Waals surface area contributed by atoms with Gasteiger partial charge in [0.15, 0.2) is 0 Å². The standard InChI is InChI=1S/C11H13BrN2OSi/c1-16-5-4-15-8-14-3-2-9-6-10(12)7-13-11(9)14/h2-3,6-7H,4-5,8H2,1H3. The van der Waals surface area contributed by atoms with Crippen LogP contribution in [0.4, 0.5) is 0 Å². The monoisotopic (exact) mass is 296 g/mol. The highest BCUT2D eigenvalue weighted by atomic mass is 79.9. The molecule has 0 aliphatic rings. The van der Waals surface area contributed by atoms with Crippen LogP contribution in [0, 0.1) is 0 Å². The maximum atomic E-state index is 5.57. The molecule has 0 aliphatic carbocycles. The molecule has 3 nitrogen and oxygen atoms in total. The summed E-state index contributed by atoms with van der Waals surface area (Å²) < 4.78 is 8.61. The maximum Gasteiger partial charge on any atom is 0.141 e. The topological polar surface area (TPSA) is 27.1 Å². The predicted octanol–water partition coefficient (Wildman–Crippen LogP) is 2.94. The molecule has 2 aromatic rings. The van der Waals surface area contributed by atoms with Crippen LogP contribution in [0.3, 0.4) is 0 Å². The number of hydrogen-bond acceptors (Lipinski definition) is 2. The van der Waals surface area contributed by atoms with Crippen molar-refractivity contribution in [3.8, 4) is 0 Å². The molecule has 0 saturated heterocycles. The second-order valence-corrected chi connectivity index (χ2v) is 5.62. The summed E-state index contributed by atoms with van der Waals surface area (Å²) in [5, 5.41) is 1.13. The number of pyridine rings is 1. The summed E-state index contributed by atoms with van der Waals surface area (Å²) in [5.41, 5.74) is 0.974. The molecular formula is C11H13BrN2OSi. The van der Waals surface area contributed by atoms with E-state index in [1.54, 1.807) is 0 Å². The fourth-order valence-electron chi connectivity index (χ4n) is 1.49. The van der Waals surface area contributed by atoms with E-state index in [1.165, 1.54) is 0 Å². The van der Waals surface area contributed by atoms with Gasteiger partial charge in [-0.1, -0.05) is 6.55 Å². The third-order valence-corrected chi connectivity index (χ3v) is 3.43. The molecule has 0 saturated carbocycles. The molecule has 2 heterocycles. The Morgan fingerprint density at radius 3 is 3.25 bits per heavy atom. The molecule has 84 valence electrons. The van der Waals surface area contributed by atoms with Crippen LogP contribution >= 0.6 is 15.9 Å². The highest BCUT2D eigenvalue weighted by Crippen LogP contribution is 2.18. The van der Waals surface area contributed by atoms with Gasteiger partial charge in [-0.25, -0.2) is 4.98 Å². The van der Waals surface area contributed by atoms with E-state index in [0.717, 1.165) is 37.7 Å². The first-order valence-corrected chi connectivity index (χ1v) is 7.64. The van der Waals surface area contributed by atoms with Crippen molar-refractivity contribution < 1.29 is 4.74 Å². The molecule has 2 radical (unpaired) electrons. The molecule has 16 heavy (non-hydrogen) atoms. The molecule has 5 heteroatoms. The van der Waals surface area contributed by atoms with E-state index in [-0.39, 0.29) is 0 Å². The van der Waals surface area contributed by atoms with Crippen LogP contribution < -0.4 is 0 Å². The molecule has 2 rings (SSSR count). The van der Waals surface area contributed by atoms with Crippen molar-refractivity contribution in [2.45, 2.75) is 19.3 Å². The van der Waals surface area contributed by atoms with E-state index in [4.69, 9.17) is 4.74 Å². The summed E-state index contributed by atoms with van der Waals surface area (Å²) in [4.78, 5) is 4.38. The molecule has 0 bridgehead atoms. The van der Waals surface area contributed by atoms with Gasteiger partial charge in [0.1, 0.15) is 12.4 Å². The van der Waals surface area contributed by atoms with Crippen LogP contribution in [-0.4, -0.2) is 25.7 Å². The van der Waals surface area contributed by atoms with Gasteiger partial charge in [-0.15, -0.1) is 0 Å². The lowest BCUT2D eigenvalue weighted by atomic mass is 10.3. The van der Waals surface area contributed by atoms with Gasteiger partial charge in [0.2, 0.25) is 0 Å². The first-order chi connectivity index (χ1) is 7.81. The summed E-state index contributed by atoms with van der Waals surface area (Å²) in [6, 6.07) is 5.25. The Hall–Kier alpha value is -0.653. The third kappa shape index (κ3) is 2.72. The zero-order valence-corrected chi connectivity index (χ0v) is 11.7. The van der Waals surface area contributed by atoms with Crippen molar-refractivity contribution in [3.05, 3.63) is 29.0 Å². The second-order valence-electron chi connectivity index (χ2n) is 3.49. The zero-order valence-electron chi connectivity index (χ0n) is 9.11. The Bertz CT molecular complexity index is 472. The smallest absolute Gasteiger partial charge is 0.141 e. The van der Waals surface area contributed by atoms with Crippen molar-refractivity contribution in [3.63, 3.8) is 0 Å². The highest BCUT2D eigenvalue weighted by Gasteiger charge is 2.02. The third-order valence-electron chi connectivity index (χ3n) is 2.29. The summed E-state index contributed by atoms with van der Waals surface area (Å²) in [6.07, 6.45) is 3.82. The van der Waals surface area contributed by atoms with Gasteiger partial charge in [-0.2, -0.15) is 0 Å². The number of fused-ring (bicyclic) bond motifs is 1. The minimum absolute atomic E-state index is 0.586. The fourth-order valence-corrected chi connectivity index (χ4v) is 2.19. The van der Waals surface area contributed by atoms with Gasteiger partial charge in [0.25, 0.3) is 0 Å². The van der Waals surface area contributed by atoms with Crippen molar-refractivity contribution in [2.75, 3.05) is 6.61 Å². The molecule has 0 atom stereocenters. The molecule has 0 unspecified atom stereocenters. The van der Waals surface area contributed by atoms with E-state index in [1.807, 2.05) is 17.0 Å². The minimum Gasteiger partial charge on any atom is -0.361 e. The molecule has 0 N–H and O–H groups in total. The van der Waals surface area contributed by atoms with Crippen LogP contribution in [-0.2, 0) is 11.5 Å². The second kappa shape index (κ2) is 5.61. The van der Waals surface area contributed by atoms with E-state index < -0.39 is 0 Å². The normalized spacial score (nSPS) is 11.1. The Morgan fingerprint density at radius 2 is 2.44 bits per heavy atom. The zero-order chi connectivity index (χ0) is 11.4. The van der Waals surface area contributed by atoms with Crippen LogP contribution in [0.1, 0.15) is 0 Å². The summed E-state index contributed by atoms with van der Waals surface area (Å²) in [5.74, 6) is 0. The predicted molar refractivity (Wildman–Crippen MR) is 69.8 cm³/mol. The molecule has 0 fully saturated rings. The fraction of sp³-hybridized carbons (Fsp3) is 0.364. The van der Waals surface area contributed by atoms with Crippen LogP contribution in [0.5, 0.6) is 0 Å². The average Bonchev–Trinajstić information content (AvgIpc) is 2.67. The SMILES string of the molecule is C[Si]CCOCn1ccc2cc(Br)cnc21. The van der Waals surface area contributed by atoms with Crippen molar-refractivity contribution in [1.29, 1.82) is 0 Å². The lowest BCUT2D eigenvalue weighted by molar-refractivity contribution is 0.0905. The van der Waals surface area contributed by atoms with Crippen molar-refractivity contribution in [1.82, 2.24) is 9.55 Å². The largest absolute Gasteiger partial charge is 0.361 e. The first kappa shape index (κ1) is 11.8. The number of ether oxygens (including phenoxy) is 1. The van der Waals surface area contributed by atoms with Gasteiger partial charge in [0.05, 0.1) is 0 Å². The van der Waals surface area contributed by atoms with Crippen LogP contribution in [0.2, 0.25) is 12.6 Å². The van der Waals surface area contributed by atoms with Crippen molar-refractivity contribution in [2.24, 2.45) is 0 Å². The summed E-state index contributed by atoms with van der Waals surface area (Å²) >= 11 is 3.41. The van der Waals surface area contributed by atoms with Crippen LogP contribution in [0.15, 0.2) is 29.0 Å². The minimum atomic E-state index is 0.586. The van der Waals surface area contributed by atoms with E-state index in [0.29, 0.717) is 6.73 Å². The van der Waals surface area contributed by atoms with E-state index >= 15 is 0 Å². The lowest BCUT2D eigenvalue weighted by Crippen LogP contribution is -2.03. The Kier molecular flexibility index (Phi) is 4.14. The summed E-state index contributed by atoms with van der Waals surface area (Å²) in [6.45, 7) is 3.60. The Labute approximate surface area is 106 Å². The molecule has 0 aromatic carbocycles. The molecule has 0 aliphatic heterocycles. The quantitative estimate of drug-likeness (QED) is 0.627. The van der Waals surface area contributed by atoms with Crippen molar-refractivity contribution >= 4 is 36.5 Å². The maximum absolute atomic E-state index is 5.57. The van der Waals surface area contributed by atoms with Gasteiger partial charge < -0.3 is 9.30 Å². The van der Waals surface area contributed by atoms with E-state index in [2.05, 4.69) is 39.6 Å². The van der Waals surface area contributed by atoms with E-state index in [9.17, 15) is 0 Å². The number of aromatic nitrogens is 2. The molecule has 0 spiro atoms. The van der Waals surface area contributed by atoms with Gasteiger partial charge >= 0.3 is 0 Å². The number of rotatable bonds is 5. The Balaban J connectivity index is 2.07. The Morgan fingerprint density at radius 1 is 1.56 bits per heavy atom. The number of nitrogens with zero attached hydrogens (tertiary/aromatic N) is 2. The average molecular weight is 297 g/mol. The van der Waals surface area contributed by atoms with Crippen LogP contribution in [0.25, 0.3) is 11.0 Å². The first-order valence-electron chi connectivity index (χ1n) is 5.14. The molecule has 0 amide bonds.